The molecule has 0 unspecified atom stereocenters. The van der Waals surface area contributed by atoms with Gasteiger partial charge in [0.05, 0.1) is 78.5 Å². The van der Waals surface area contributed by atoms with Gasteiger partial charge in [-0.2, -0.15) is 19.6 Å². The molecule has 90 heavy (non-hydrogen) atoms. The number of carbonyl (C=O) groups excluding carboxylic acids is 3. The molecule has 0 aliphatic carbocycles. The molecule has 8 aromatic heterocycles. The third kappa shape index (κ3) is 19.3. The van der Waals surface area contributed by atoms with Crippen LogP contribution < -0.4 is 20.4 Å². The molecule has 10 rings (SSSR count). The number of carboxylic acid groups (broad SMARTS) is 1. The average Bonchev–Trinajstić information content (AvgIpc) is 2.34. The maximum Gasteiger partial charge on any atom is 0.332 e. The minimum absolute atomic E-state index is 0.0874. The number of pyridine rings is 2. The minimum atomic E-state index is -0.995. The number of piperazine rings is 2. The van der Waals surface area contributed by atoms with Crippen molar-refractivity contribution in [2.45, 2.75) is 40.2 Å². The molecule has 30 nitrogen and oxygen atoms in total. The summed E-state index contributed by atoms with van der Waals surface area (Å²) in [6.07, 6.45) is 13.3. The standard InChI is InChI=1S/C32H43N9O6.C28H35N9O6/c1-24-6-7-26(34-21-24)41-27(36-31(43)25-22-35-40-9-5-8-33-30(25)40)20-28(37-41)39-12-10-38(11-13-39)14-15-44-16-17-45-18-19-46-23-29(42)47-32(2,3)4;1-21-3-4-23(30-18-21)37-24(32-28(40)22-19-31-36-6-2-5-29-27(22)36)17-25(33-37)35-9-7-34(8-10-35)11-12-41-13-14-42-15-16-43-20-26(38)39/h5-9,20-22H,10-19,23H2,1-4H3,(H,36,43);2-6,17-19H,7-16,20H2,1H3,(H,32,40)(H,38,39). The highest BCUT2D eigenvalue weighted by Gasteiger charge is 2.26. The van der Waals surface area contributed by atoms with E-state index in [9.17, 15) is 19.2 Å². The number of aryl methyl sites for hydroxylation is 2. The zero-order valence-corrected chi connectivity index (χ0v) is 51.4. The first kappa shape index (κ1) is 65.6. The fourth-order valence-electron chi connectivity index (χ4n) is 9.44. The van der Waals surface area contributed by atoms with Gasteiger partial charge in [0.2, 0.25) is 0 Å². The molecular weight excluding hydrogens is 1160 g/mol. The summed E-state index contributed by atoms with van der Waals surface area (Å²) in [6.45, 7) is 21.3. The predicted octanol–water partition coefficient (Wildman–Crippen LogP) is 3.51. The molecule has 2 fully saturated rings. The van der Waals surface area contributed by atoms with Crippen LogP contribution in [-0.2, 0) is 42.7 Å². The quantitative estimate of drug-likeness (QED) is 0.0428. The Kier molecular flexibility index (Phi) is 23.7. The van der Waals surface area contributed by atoms with E-state index in [0.717, 1.165) is 88.2 Å². The summed E-state index contributed by atoms with van der Waals surface area (Å²) in [4.78, 5) is 75.3. The number of esters is 1. The van der Waals surface area contributed by atoms with Crippen LogP contribution in [0.3, 0.4) is 0 Å². The predicted molar refractivity (Wildman–Crippen MR) is 330 cm³/mol. The molecule has 0 spiro atoms. The maximum atomic E-state index is 13.3. The Labute approximate surface area is 519 Å². The summed E-state index contributed by atoms with van der Waals surface area (Å²) in [5.41, 5.74) is 3.19. The van der Waals surface area contributed by atoms with E-state index in [1.807, 2.05) is 71.0 Å². The second-order valence-corrected chi connectivity index (χ2v) is 22.0. The van der Waals surface area contributed by atoms with E-state index >= 15 is 0 Å². The third-order valence-electron chi connectivity index (χ3n) is 14.0. The van der Waals surface area contributed by atoms with E-state index in [4.69, 9.17) is 48.5 Å². The molecule has 0 radical (unpaired) electrons. The lowest BCUT2D eigenvalue weighted by atomic mass is 10.2. The molecule has 3 N–H and O–H groups in total. The molecule has 2 saturated heterocycles. The lowest BCUT2D eigenvalue weighted by Crippen LogP contribution is -2.47. The van der Waals surface area contributed by atoms with Crippen molar-refractivity contribution in [1.29, 1.82) is 0 Å². The summed E-state index contributed by atoms with van der Waals surface area (Å²) in [5.74, 6) is 1.65. The van der Waals surface area contributed by atoms with Gasteiger partial charge < -0.3 is 58.7 Å². The van der Waals surface area contributed by atoms with Crippen LogP contribution in [0.2, 0.25) is 0 Å². The van der Waals surface area contributed by atoms with Crippen molar-refractivity contribution in [2.75, 3.05) is 165 Å². The van der Waals surface area contributed by atoms with Crippen molar-refractivity contribution in [3.05, 3.63) is 120 Å². The van der Waals surface area contributed by atoms with Crippen LogP contribution in [-0.4, -0.2) is 248 Å². The first-order valence-electron chi connectivity index (χ1n) is 29.7. The van der Waals surface area contributed by atoms with Gasteiger partial charge in [0, 0.05) is 115 Å². The summed E-state index contributed by atoms with van der Waals surface area (Å²) >= 11 is 0. The van der Waals surface area contributed by atoms with E-state index < -0.39 is 11.6 Å². The number of aliphatic carboxylic acids is 1. The van der Waals surface area contributed by atoms with Gasteiger partial charge in [0.25, 0.3) is 11.8 Å². The number of hydrogen-bond donors (Lipinski definition) is 3. The molecule has 0 saturated carbocycles. The van der Waals surface area contributed by atoms with E-state index in [0.29, 0.717) is 105 Å². The van der Waals surface area contributed by atoms with Gasteiger partial charge in [-0.15, -0.1) is 10.2 Å². The zero-order chi connectivity index (χ0) is 63.2. The molecule has 2 aliphatic heterocycles. The lowest BCUT2D eigenvalue weighted by Gasteiger charge is -2.34. The number of carboxylic acids is 1. The van der Waals surface area contributed by atoms with Gasteiger partial charge in [-0.05, 0) is 70.0 Å². The summed E-state index contributed by atoms with van der Waals surface area (Å²) in [6, 6.07) is 14.9. The monoisotopic (exact) mass is 1240 g/mol. The van der Waals surface area contributed by atoms with Crippen molar-refractivity contribution in [1.82, 2.24) is 68.5 Å². The minimum Gasteiger partial charge on any atom is -0.480 e. The maximum absolute atomic E-state index is 13.3. The molecule has 8 aromatic rings. The Morgan fingerprint density at radius 3 is 1.32 bits per heavy atom. The Morgan fingerprint density at radius 1 is 0.511 bits per heavy atom. The number of hydrogen-bond acceptors (Lipinski definition) is 23. The van der Waals surface area contributed by atoms with Crippen LogP contribution in [0.5, 0.6) is 0 Å². The van der Waals surface area contributed by atoms with Crippen molar-refractivity contribution in [3.63, 3.8) is 0 Å². The molecule has 2 amide bonds. The van der Waals surface area contributed by atoms with Crippen LogP contribution in [0.4, 0.5) is 23.3 Å². The molecule has 2 aliphatic rings. The SMILES string of the molecule is Cc1ccc(-n2nc(N3CCN(CCOCCOCCOCC(=O)O)CC3)cc2NC(=O)c2cnn3cccnc23)nc1.Cc1ccc(-n2nc(N3CCN(CCOCCOCCOCC(=O)OC(C)(C)C)CC3)cc2NC(=O)c2cnn3cccnc23)nc1. The van der Waals surface area contributed by atoms with Crippen molar-refractivity contribution < 1.29 is 57.4 Å². The Morgan fingerprint density at radius 2 is 0.922 bits per heavy atom. The topological polar surface area (TPSA) is 312 Å². The third-order valence-corrected chi connectivity index (χ3v) is 14.0. The second kappa shape index (κ2) is 32.6. The van der Waals surface area contributed by atoms with Crippen molar-refractivity contribution >= 4 is 58.3 Å². The molecule has 10 heterocycles. The lowest BCUT2D eigenvalue weighted by molar-refractivity contribution is -0.160. The first-order valence-corrected chi connectivity index (χ1v) is 29.7. The highest BCUT2D eigenvalue weighted by molar-refractivity contribution is 6.08. The fraction of sp³-hybridized carbons (Fsp3) is 0.467. The van der Waals surface area contributed by atoms with E-state index in [-0.39, 0.29) is 37.6 Å². The Bertz CT molecular complexity index is 3570. The van der Waals surface area contributed by atoms with E-state index in [1.165, 1.54) is 12.4 Å². The summed E-state index contributed by atoms with van der Waals surface area (Å²) in [7, 11) is 0. The van der Waals surface area contributed by atoms with Gasteiger partial charge >= 0.3 is 11.9 Å². The number of fused-ring (bicyclic) bond motifs is 2. The number of carbonyl (C=O) groups is 4. The normalized spacial score (nSPS) is 14.0. The molecule has 0 bridgehead atoms. The number of aromatic nitrogens is 12. The molecule has 0 aromatic carbocycles. The van der Waals surface area contributed by atoms with Crippen LogP contribution in [0.25, 0.3) is 22.9 Å². The number of nitrogens with zero attached hydrogens (tertiary/aromatic N) is 16. The number of nitrogens with one attached hydrogen (secondary N) is 2. The molecule has 480 valence electrons. The summed E-state index contributed by atoms with van der Waals surface area (Å²) in [5, 5.41) is 32.6. The van der Waals surface area contributed by atoms with Crippen LogP contribution >= 0.6 is 0 Å². The van der Waals surface area contributed by atoms with E-state index in [1.54, 1.807) is 67.7 Å². The van der Waals surface area contributed by atoms with Gasteiger partial charge in [0.1, 0.15) is 41.6 Å². The van der Waals surface area contributed by atoms with Gasteiger partial charge in [-0.25, -0.2) is 38.6 Å². The Balaban J connectivity index is 0.000000214. The average molecular weight is 1240 g/mol. The second-order valence-electron chi connectivity index (χ2n) is 22.0. The smallest absolute Gasteiger partial charge is 0.332 e. The van der Waals surface area contributed by atoms with Crippen LogP contribution in [0.1, 0.15) is 52.6 Å². The summed E-state index contributed by atoms with van der Waals surface area (Å²) < 4.78 is 44.1. The number of rotatable bonds is 30. The number of amides is 2. The largest absolute Gasteiger partial charge is 0.480 e. The molecule has 0 atom stereocenters. The number of ether oxygens (including phenoxy) is 7. The Hall–Kier alpha value is -8.88. The number of anilines is 4. The van der Waals surface area contributed by atoms with E-state index in [2.05, 4.69) is 60.4 Å². The van der Waals surface area contributed by atoms with Gasteiger partial charge in [0.15, 0.2) is 34.6 Å². The molecule has 30 heteroatoms. The fourth-order valence-corrected chi connectivity index (χ4v) is 9.44. The highest BCUT2D eigenvalue weighted by Crippen LogP contribution is 2.27. The van der Waals surface area contributed by atoms with Gasteiger partial charge in [-0.3, -0.25) is 19.4 Å². The molecular formula is C60H78N18O12. The zero-order valence-electron chi connectivity index (χ0n) is 51.4. The van der Waals surface area contributed by atoms with Gasteiger partial charge in [-0.1, -0.05) is 12.1 Å². The van der Waals surface area contributed by atoms with Crippen LogP contribution in [0.15, 0.2) is 98.1 Å². The van der Waals surface area contributed by atoms with Crippen LogP contribution in [0, 0.1) is 13.8 Å². The highest BCUT2D eigenvalue weighted by atomic mass is 16.6. The first-order chi connectivity index (χ1) is 43.6. The van der Waals surface area contributed by atoms with Crippen molar-refractivity contribution in [2.24, 2.45) is 0 Å². The van der Waals surface area contributed by atoms with Crippen molar-refractivity contribution in [3.8, 4) is 11.6 Å².